The molecule has 0 saturated carbocycles. The number of carbonyl (C=O) groups excluding carboxylic acids is 1. The number of aromatic nitrogens is 3. The summed E-state index contributed by atoms with van der Waals surface area (Å²) < 4.78 is 1.82. The number of amides is 1. The molecule has 1 aliphatic heterocycles. The number of hydrogen-bond acceptors (Lipinski definition) is 5. The third kappa shape index (κ3) is 4.79. The van der Waals surface area contributed by atoms with Gasteiger partial charge >= 0.3 is 0 Å². The molecular formula is C18H26N6O. The summed E-state index contributed by atoms with van der Waals surface area (Å²) >= 11 is 0. The van der Waals surface area contributed by atoms with E-state index in [1.807, 2.05) is 29.8 Å². The molecule has 0 unspecified atom stereocenters. The number of rotatable bonds is 7. The summed E-state index contributed by atoms with van der Waals surface area (Å²) in [5, 5.41) is 13.9. The molecule has 0 aliphatic carbocycles. The van der Waals surface area contributed by atoms with Crippen LogP contribution in [0, 0.1) is 6.92 Å². The summed E-state index contributed by atoms with van der Waals surface area (Å²) in [4.78, 5) is 16.5. The van der Waals surface area contributed by atoms with E-state index in [1.54, 1.807) is 12.4 Å². The van der Waals surface area contributed by atoms with Crippen molar-refractivity contribution in [3.8, 4) is 0 Å². The molecule has 7 nitrogen and oxygen atoms in total. The fourth-order valence-electron chi connectivity index (χ4n) is 3.17. The predicted molar refractivity (Wildman–Crippen MR) is 97.5 cm³/mol. The fraction of sp³-hybridized carbons (Fsp3) is 0.500. The zero-order valence-electron chi connectivity index (χ0n) is 14.7. The van der Waals surface area contributed by atoms with Gasteiger partial charge in [0, 0.05) is 43.6 Å². The summed E-state index contributed by atoms with van der Waals surface area (Å²) in [7, 11) is 0. The second-order valence-electron chi connectivity index (χ2n) is 6.40. The minimum absolute atomic E-state index is 0.0201. The predicted octanol–water partition coefficient (Wildman–Crippen LogP) is 1.28. The molecule has 3 rings (SSSR count). The average Bonchev–Trinajstić information content (AvgIpc) is 3.09. The molecule has 3 heterocycles. The third-order valence-electron chi connectivity index (χ3n) is 4.51. The number of anilines is 1. The monoisotopic (exact) mass is 342 g/mol. The van der Waals surface area contributed by atoms with Gasteiger partial charge in [-0.15, -0.1) is 0 Å². The lowest BCUT2D eigenvalue weighted by atomic mass is 9.96. The van der Waals surface area contributed by atoms with Gasteiger partial charge in [0.15, 0.2) is 0 Å². The SMILES string of the molecule is Cc1cccnc1NCCNC(=O)Cn1nccc1[C@@H]1CCCNC1. The van der Waals surface area contributed by atoms with Crippen molar-refractivity contribution in [3.05, 3.63) is 41.9 Å². The van der Waals surface area contributed by atoms with E-state index in [2.05, 4.69) is 26.0 Å². The first kappa shape index (κ1) is 17.4. The third-order valence-corrected chi connectivity index (χ3v) is 4.51. The van der Waals surface area contributed by atoms with Crippen LogP contribution in [0.5, 0.6) is 0 Å². The van der Waals surface area contributed by atoms with E-state index < -0.39 is 0 Å². The lowest BCUT2D eigenvalue weighted by Gasteiger charge is -2.23. The quantitative estimate of drug-likeness (QED) is 0.660. The van der Waals surface area contributed by atoms with Gasteiger partial charge in [-0.05, 0) is 44.0 Å². The molecule has 3 N–H and O–H groups in total. The van der Waals surface area contributed by atoms with Gasteiger partial charge in [-0.2, -0.15) is 5.10 Å². The van der Waals surface area contributed by atoms with E-state index >= 15 is 0 Å². The van der Waals surface area contributed by atoms with Crippen LogP contribution in [0.1, 0.15) is 30.0 Å². The number of carbonyl (C=O) groups is 1. The van der Waals surface area contributed by atoms with Crippen molar-refractivity contribution < 1.29 is 4.79 Å². The maximum absolute atomic E-state index is 12.2. The molecular weight excluding hydrogens is 316 g/mol. The van der Waals surface area contributed by atoms with E-state index in [0.717, 1.165) is 36.6 Å². The van der Waals surface area contributed by atoms with Crippen molar-refractivity contribution in [1.29, 1.82) is 0 Å². The molecule has 0 radical (unpaired) electrons. The van der Waals surface area contributed by atoms with E-state index in [-0.39, 0.29) is 12.5 Å². The maximum atomic E-state index is 12.2. The van der Waals surface area contributed by atoms with Crippen LogP contribution in [0.4, 0.5) is 5.82 Å². The van der Waals surface area contributed by atoms with Crippen molar-refractivity contribution in [3.63, 3.8) is 0 Å². The highest BCUT2D eigenvalue weighted by atomic mass is 16.2. The Kier molecular flexibility index (Phi) is 6.00. The average molecular weight is 342 g/mol. The number of nitrogens with one attached hydrogen (secondary N) is 3. The Balaban J connectivity index is 1.44. The Morgan fingerprint density at radius 2 is 2.28 bits per heavy atom. The standard InChI is InChI=1S/C18H26N6O/c1-14-4-2-8-21-18(14)22-11-10-20-17(25)13-24-16(6-9-23-24)15-5-3-7-19-12-15/h2,4,6,8-9,15,19H,3,5,7,10-13H2,1H3,(H,20,25)(H,21,22)/t15-/m1/s1. The first-order valence-electron chi connectivity index (χ1n) is 8.88. The van der Waals surface area contributed by atoms with Crippen LogP contribution in [-0.4, -0.2) is 46.9 Å². The van der Waals surface area contributed by atoms with Gasteiger partial charge in [-0.25, -0.2) is 4.98 Å². The fourth-order valence-corrected chi connectivity index (χ4v) is 3.17. The van der Waals surface area contributed by atoms with Gasteiger partial charge in [0.05, 0.1) is 0 Å². The lowest BCUT2D eigenvalue weighted by Crippen LogP contribution is -2.34. The smallest absolute Gasteiger partial charge is 0.241 e. The minimum atomic E-state index is -0.0201. The molecule has 1 atom stereocenters. The molecule has 2 aromatic heterocycles. The van der Waals surface area contributed by atoms with Gasteiger partial charge < -0.3 is 16.0 Å². The first-order valence-corrected chi connectivity index (χ1v) is 8.88. The van der Waals surface area contributed by atoms with Crippen molar-refractivity contribution in [2.75, 3.05) is 31.5 Å². The van der Waals surface area contributed by atoms with Gasteiger partial charge in [0.2, 0.25) is 5.91 Å². The largest absolute Gasteiger partial charge is 0.368 e. The van der Waals surface area contributed by atoms with Gasteiger partial charge in [0.25, 0.3) is 0 Å². The molecule has 1 fully saturated rings. The normalized spacial score (nSPS) is 17.2. The van der Waals surface area contributed by atoms with Gasteiger partial charge in [0.1, 0.15) is 12.4 Å². The summed E-state index contributed by atoms with van der Waals surface area (Å²) in [6, 6.07) is 5.94. The lowest BCUT2D eigenvalue weighted by molar-refractivity contribution is -0.121. The first-order chi connectivity index (χ1) is 12.2. The molecule has 2 aromatic rings. The molecule has 0 aromatic carbocycles. The van der Waals surface area contributed by atoms with Crippen molar-refractivity contribution in [2.24, 2.45) is 0 Å². The van der Waals surface area contributed by atoms with Crippen molar-refractivity contribution in [1.82, 2.24) is 25.4 Å². The number of nitrogens with zero attached hydrogens (tertiary/aromatic N) is 3. The van der Waals surface area contributed by atoms with Gasteiger partial charge in [-0.3, -0.25) is 9.48 Å². The molecule has 1 saturated heterocycles. The van der Waals surface area contributed by atoms with Crippen LogP contribution in [0.2, 0.25) is 0 Å². The molecule has 0 bridgehead atoms. The molecule has 1 aliphatic rings. The summed E-state index contributed by atoms with van der Waals surface area (Å²) in [5.74, 6) is 1.28. The van der Waals surface area contributed by atoms with E-state index in [1.165, 1.54) is 6.42 Å². The second-order valence-corrected chi connectivity index (χ2v) is 6.40. The summed E-state index contributed by atoms with van der Waals surface area (Å²) in [5.41, 5.74) is 2.24. The van der Waals surface area contributed by atoms with Crippen molar-refractivity contribution in [2.45, 2.75) is 32.2 Å². The maximum Gasteiger partial charge on any atom is 0.241 e. The van der Waals surface area contributed by atoms with Crippen LogP contribution < -0.4 is 16.0 Å². The van der Waals surface area contributed by atoms with Crippen LogP contribution in [0.25, 0.3) is 0 Å². The number of aryl methyl sites for hydroxylation is 1. The molecule has 1 amide bonds. The zero-order valence-corrected chi connectivity index (χ0v) is 14.7. The Labute approximate surface area is 148 Å². The van der Waals surface area contributed by atoms with Crippen LogP contribution in [0.15, 0.2) is 30.6 Å². The summed E-state index contributed by atoms with van der Waals surface area (Å²) in [6.07, 6.45) is 5.85. The molecule has 134 valence electrons. The van der Waals surface area contributed by atoms with Crippen LogP contribution >= 0.6 is 0 Å². The molecule has 25 heavy (non-hydrogen) atoms. The summed E-state index contributed by atoms with van der Waals surface area (Å²) in [6.45, 7) is 5.50. The number of pyridine rings is 1. The minimum Gasteiger partial charge on any atom is -0.368 e. The van der Waals surface area contributed by atoms with Gasteiger partial charge in [-0.1, -0.05) is 6.07 Å². The topological polar surface area (TPSA) is 83.9 Å². The molecule has 0 spiro atoms. The Morgan fingerprint density at radius 3 is 3.08 bits per heavy atom. The van der Waals surface area contributed by atoms with Crippen LogP contribution in [0.3, 0.4) is 0 Å². The van der Waals surface area contributed by atoms with Crippen molar-refractivity contribution >= 4 is 11.7 Å². The van der Waals surface area contributed by atoms with E-state index in [0.29, 0.717) is 19.0 Å². The Morgan fingerprint density at radius 1 is 1.36 bits per heavy atom. The molecule has 7 heteroatoms. The van der Waals surface area contributed by atoms with E-state index in [9.17, 15) is 4.79 Å². The number of hydrogen-bond donors (Lipinski definition) is 3. The Hall–Kier alpha value is -2.41. The second kappa shape index (κ2) is 8.62. The zero-order chi connectivity index (χ0) is 17.5. The van der Waals surface area contributed by atoms with E-state index in [4.69, 9.17) is 0 Å². The Bertz CT molecular complexity index is 692. The highest BCUT2D eigenvalue weighted by molar-refractivity contribution is 5.75. The highest BCUT2D eigenvalue weighted by Crippen LogP contribution is 2.22. The number of piperidine rings is 1. The van der Waals surface area contributed by atoms with Crippen LogP contribution in [-0.2, 0) is 11.3 Å². The highest BCUT2D eigenvalue weighted by Gasteiger charge is 2.19.